The fourth-order valence-corrected chi connectivity index (χ4v) is 6.78. The number of sulfone groups is 1. The Balaban J connectivity index is 1.95. The molecule has 2 aliphatic heterocycles. The van der Waals surface area contributed by atoms with Gasteiger partial charge in [0.1, 0.15) is 13.2 Å². The van der Waals surface area contributed by atoms with E-state index in [9.17, 15) is 8.42 Å². The molecule has 2 unspecified atom stereocenters. The number of rotatable bonds is 2. The summed E-state index contributed by atoms with van der Waals surface area (Å²) in [7, 11) is -3.09. The molecule has 2 heterocycles. The molecule has 21 heavy (non-hydrogen) atoms. The maximum absolute atomic E-state index is 12.3. The third-order valence-electron chi connectivity index (χ3n) is 3.91. The molecule has 0 bridgehead atoms. The Labute approximate surface area is 137 Å². The smallest absolute Gasteiger partial charge is 0.162 e. The molecule has 0 amide bonds. The van der Waals surface area contributed by atoms with Crippen LogP contribution in [-0.2, 0) is 9.84 Å². The summed E-state index contributed by atoms with van der Waals surface area (Å²) < 4.78 is 35.6. The maximum atomic E-state index is 12.3. The zero-order valence-electron chi connectivity index (χ0n) is 11.3. The first kappa shape index (κ1) is 15.4. The number of fused-ring (bicyclic) bond motifs is 1. The zero-order valence-corrected chi connectivity index (χ0v) is 14.5. The first-order chi connectivity index (χ1) is 9.99. The lowest BCUT2D eigenvalue weighted by Crippen LogP contribution is -2.31. The Kier molecular flexibility index (Phi) is 4.39. The van der Waals surface area contributed by atoms with E-state index in [1.807, 2.05) is 0 Å². The predicted molar refractivity (Wildman–Crippen MR) is 85.5 cm³/mol. The van der Waals surface area contributed by atoms with Crippen molar-refractivity contribution in [2.75, 3.05) is 19.0 Å². The molecule has 2 aliphatic rings. The van der Waals surface area contributed by atoms with Gasteiger partial charge in [-0.2, -0.15) is 0 Å². The van der Waals surface area contributed by atoms with Crippen molar-refractivity contribution in [1.29, 1.82) is 0 Å². The van der Waals surface area contributed by atoms with Crippen LogP contribution in [0.1, 0.15) is 29.7 Å². The summed E-state index contributed by atoms with van der Waals surface area (Å²) >= 11 is 9.85. The van der Waals surface area contributed by atoms with E-state index >= 15 is 0 Å². The van der Waals surface area contributed by atoms with Crippen LogP contribution < -0.4 is 9.47 Å². The molecule has 0 aliphatic carbocycles. The molecule has 116 valence electrons. The normalized spacial score (nSPS) is 25.3. The molecule has 7 heteroatoms. The highest BCUT2D eigenvalue weighted by molar-refractivity contribution is 9.09. The molecular weight excluding hydrogens is 380 g/mol. The second kappa shape index (κ2) is 5.97. The van der Waals surface area contributed by atoms with Crippen LogP contribution in [0.2, 0.25) is 5.02 Å². The molecule has 1 saturated heterocycles. The van der Waals surface area contributed by atoms with Crippen LogP contribution in [0.25, 0.3) is 0 Å². The van der Waals surface area contributed by atoms with Crippen LogP contribution in [0.5, 0.6) is 11.5 Å². The molecule has 4 nitrogen and oxygen atoms in total. The molecule has 0 aromatic heterocycles. The molecule has 1 fully saturated rings. The van der Waals surface area contributed by atoms with Gasteiger partial charge < -0.3 is 9.47 Å². The maximum Gasteiger partial charge on any atom is 0.162 e. The molecule has 2 atom stereocenters. The van der Waals surface area contributed by atoms with Crippen molar-refractivity contribution in [1.82, 2.24) is 0 Å². The number of halogens is 2. The van der Waals surface area contributed by atoms with Crippen LogP contribution in [0, 0.1) is 0 Å². The molecule has 0 spiro atoms. The van der Waals surface area contributed by atoms with Gasteiger partial charge in [-0.1, -0.05) is 34.0 Å². The summed E-state index contributed by atoms with van der Waals surface area (Å²) in [6, 6.07) is 3.50. The van der Waals surface area contributed by atoms with Crippen molar-refractivity contribution < 1.29 is 17.9 Å². The summed E-state index contributed by atoms with van der Waals surface area (Å²) in [4.78, 5) is -0.328. The van der Waals surface area contributed by atoms with Gasteiger partial charge in [-0.3, -0.25) is 0 Å². The molecule has 0 radical (unpaired) electrons. The Morgan fingerprint density at radius 3 is 2.52 bits per heavy atom. The Morgan fingerprint density at radius 1 is 1.19 bits per heavy atom. The highest BCUT2D eigenvalue weighted by Gasteiger charge is 2.36. The van der Waals surface area contributed by atoms with Crippen LogP contribution in [0.3, 0.4) is 0 Å². The van der Waals surface area contributed by atoms with Crippen molar-refractivity contribution in [2.45, 2.75) is 29.3 Å². The molecule has 0 N–H and O–H groups in total. The molecule has 0 saturated carbocycles. The summed E-state index contributed by atoms with van der Waals surface area (Å²) in [5, 5.41) is 0.0632. The minimum Gasteiger partial charge on any atom is -0.486 e. The average molecular weight is 396 g/mol. The Morgan fingerprint density at radius 2 is 1.86 bits per heavy atom. The van der Waals surface area contributed by atoms with Gasteiger partial charge in [0.05, 0.1) is 15.8 Å². The highest BCUT2D eigenvalue weighted by Crippen LogP contribution is 2.44. The fourth-order valence-electron chi connectivity index (χ4n) is 2.80. The van der Waals surface area contributed by atoms with E-state index in [4.69, 9.17) is 21.1 Å². The van der Waals surface area contributed by atoms with Gasteiger partial charge in [0.15, 0.2) is 21.3 Å². The first-order valence-corrected chi connectivity index (χ1v) is 9.94. The van der Waals surface area contributed by atoms with E-state index in [-0.39, 0.29) is 10.6 Å². The van der Waals surface area contributed by atoms with E-state index in [1.54, 1.807) is 12.1 Å². The largest absolute Gasteiger partial charge is 0.486 e. The van der Waals surface area contributed by atoms with Gasteiger partial charge in [-0.25, -0.2) is 8.42 Å². The molecule has 1 aromatic carbocycles. The first-order valence-electron chi connectivity index (χ1n) is 6.94. The van der Waals surface area contributed by atoms with Crippen molar-refractivity contribution in [3.05, 3.63) is 22.7 Å². The quantitative estimate of drug-likeness (QED) is 0.719. The summed E-state index contributed by atoms with van der Waals surface area (Å²) in [5.74, 6) is 1.49. The van der Waals surface area contributed by atoms with Gasteiger partial charge in [-0.05, 0) is 24.5 Å². The number of ether oxygens (including phenoxy) is 2. The summed E-state index contributed by atoms with van der Waals surface area (Å²) in [6.45, 7) is 0.986. The second-order valence-corrected chi connectivity index (χ2v) is 9.05. The van der Waals surface area contributed by atoms with Crippen molar-refractivity contribution in [3.63, 3.8) is 0 Å². The van der Waals surface area contributed by atoms with Gasteiger partial charge in [0, 0.05) is 11.1 Å². The molecule has 3 rings (SSSR count). The van der Waals surface area contributed by atoms with E-state index < -0.39 is 15.1 Å². The highest BCUT2D eigenvalue weighted by atomic mass is 79.9. The SMILES string of the molecule is O=S1(=O)CCCCC1C(Br)c1cc2c(cc1Cl)OCCO2. The van der Waals surface area contributed by atoms with Gasteiger partial charge in [-0.15, -0.1) is 0 Å². The Bertz CT molecular complexity index is 647. The predicted octanol–water partition coefficient (Wildman–Crippen LogP) is 3.51. The van der Waals surface area contributed by atoms with Gasteiger partial charge in [0.2, 0.25) is 0 Å². The molecular formula is C14H16BrClO4S. The fraction of sp³-hybridized carbons (Fsp3) is 0.571. The van der Waals surface area contributed by atoms with Crippen LogP contribution in [0.15, 0.2) is 12.1 Å². The third-order valence-corrected chi connectivity index (χ3v) is 8.01. The van der Waals surface area contributed by atoms with E-state index in [2.05, 4.69) is 15.9 Å². The number of hydrogen-bond donors (Lipinski definition) is 0. The lowest BCUT2D eigenvalue weighted by molar-refractivity contribution is 0.171. The standard InChI is InChI=1S/C14H16BrClO4S/c15-14(13-3-1-2-6-21(13,17)18)9-7-11-12(8-10(9)16)20-5-4-19-11/h7-8,13-14H,1-6H2. The topological polar surface area (TPSA) is 52.6 Å². The van der Waals surface area contributed by atoms with Gasteiger partial charge in [0.25, 0.3) is 0 Å². The number of hydrogen-bond acceptors (Lipinski definition) is 4. The lowest BCUT2D eigenvalue weighted by atomic mass is 10.0. The van der Waals surface area contributed by atoms with Gasteiger partial charge >= 0.3 is 0 Å². The van der Waals surface area contributed by atoms with E-state index in [0.29, 0.717) is 36.2 Å². The van der Waals surface area contributed by atoms with Crippen molar-refractivity contribution >= 4 is 37.4 Å². The minimum atomic E-state index is -3.09. The summed E-state index contributed by atoms with van der Waals surface area (Å²) in [6.07, 6.45) is 2.32. The van der Waals surface area contributed by atoms with E-state index in [1.165, 1.54) is 0 Å². The number of alkyl halides is 1. The second-order valence-electron chi connectivity index (χ2n) is 5.32. The van der Waals surface area contributed by atoms with E-state index in [0.717, 1.165) is 18.4 Å². The monoisotopic (exact) mass is 394 g/mol. The number of benzene rings is 1. The van der Waals surface area contributed by atoms with Crippen molar-refractivity contribution in [3.8, 4) is 11.5 Å². The van der Waals surface area contributed by atoms with Crippen molar-refractivity contribution in [2.24, 2.45) is 0 Å². The lowest BCUT2D eigenvalue weighted by Gasteiger charge is -2.28. The van der Waals surface area contributed by atoms with Crippen LogP contribution >= 0.6 is 27.5 Å². The zero-order chi connectivity index (χ0) is 15.0. The summed E-state index contributed by atoms with van der Waals surface area (Å²) in [5.41, 5.74) is 0.747. The minimum absolute atomic E-state index is 0.252. The van der Waals surface area contributed by atoms with Crippen LogP contribution in [0.4, 0.5) is 0 Å². The molecule has 1 aromatic rings. The third kappa shape index (κ3) is 3.03. The average Bonchev–Trinajstić information content (AvgIpc) is 2.45. The van der Waals surface area contributed by atoms with Crippen LogP contribution in [-0.4, -0.2) is 32.6 Å². The Hall–Kier alpha value is -0.460.